The van der Waals surface area contributed by atoms with Gasteiger partial charge in [0.15, 0.2) is 0 Å². The van der Waals surface area contributed by atoms with Crippen molar-refractivity contribution in [2.75, 3.05) is 26.2 Å². The first-order chi connectivity index (χ1) is 7.81. The van der Waals surface area contributed by atoms with Crippen LogP contribution in [0.5, 0.6) is 0 Å². The van der Waals surface area contributed by atoms with Crippen LogP contribution in [0.4, 0.5) is 0 Å². The molecule has 1 aromatic rings. The van der Waals surface area contributed by atoms with Crippen molar-refractivity contribution in [3.8, 4) is 0 Å². The zero-order valence-corrected chi connectivity index (χ0v) is 10.2. The van der Waals surface area contributed by atoms with Crippen LogP contribution in [0, 0.1) is 0 Å². The van der Waals surface area contributed by atoms with Crippen molar-refractivity contribution in [2.45, 2.75) is 25.5 Å². The molecule has 0 saturated carbocycles. The summed E-state index contributed by atoms with van der Waals surface area (Å²) in [6, 6.07) is 0. The highest BCUT2D eigenvalue weighted by Crippen LogP contribution is 2.07. The Labute approximate surface area is 100 Å². The Hall–Kier alpha value is -0.650. The standard InChI is InChI=1S/C10H17ClN4O/c1-2-14-3-4-16-10(7-14)8-15-6-9(5-11)12-13-15/h6,10H,2-5,7-8H2,1H3. The molecule has 0 amide bonds. The predicted octanol–water partition coefficient (Wildman–Crippen LogP) is 0.738. The summed E-state index contributed by atoms with van der Waals surface area (Å²) in [6.45, 7) is 6.79. The fourth-order valence-electron chi connectivity index (χ4n) is 1.88. The molecule has 2 heterocycles. The number of rotatable bonds is 4. The number of aromatic nitrogens is 3. The molecule has 90 valence electrons. The van der Waals surface area contributed by atoms with Crippen LogP contribution in [0.25, 0.3) is 0 Å². The lowest BCUT2D eigenvalue weighted by Gasteiger charge is -2.31. The van der Waals surface area contributed by atoms with E-state index in [0.717, 1.165) is 38.5 Å². The zero-order chi connectivity index (χ0) is 11.4. The lowest BCUT2D eigenvalue weighted by atomic mass is 10.2. The van der Waals surface area contributed by atoms with Crippen molar-refractivity contribution in [3.63, 3.8) is 0 Å². The van der Waals surface area contributed by atoms with Crippen LogP contribution in [0.3, 0.4) is 0 Å². The Bertz CT molecular complexity index is 330. The van der Waals surface area contributed by atoms with E-state index in [9.17, 15) is 0 Å². The number of nitrogens with zero attached hydrogens (tertiary/aromatic N) is 4. The summed E-state index contributed by atoms with van der Waals surface area (Å²) in [7, 11) is 0. The number of hydrogen-bond donors (Lipinski definition) is 0. The van der Waals surface area contributed by atoms with Crippen molar-refractivity contribution in [3.05, 3.63) is 11.9 Å². The summed E-state index contributed by atoms with van der Waals surface area (Å²) in [5, 5.41) is 7.97. The van der Waals surface area contributed by atoms with Gasteiger partial charge in [0.05, 0.1) is 30.8 Å². The maximum atomic E-state index is 5.69. The van der Waals surface area contributed by atoms with E-state index in [0.29, 0.717) is 5.88 Å². The second-order valence-corrected chi connectivity index (χ2v) is 4.22. The second kappa shape index (κ2) is 5.61. The topological polar surface area (TPSA) is 43.2 Å². The molecule has 1 aromatic heterocycles. The molecule has 0 bridgehead atoms. The van der Waals surface area contributed by atoms with E-state index in [1.807, 2.05) is 10.9 Å². The fourth-order valence-corrected chi connectivity index (χ4v) is 2.00. The molecule has 1 unspecified atom stereocenters. The van der Waals surface area contributed by atoms with Gasteiger partial charge in [0.2, 0.25) is 0 Å². The first-order valence-electron chi connectivity index (χ1n) is 5.60. The zero-order valence-electron chi connectivity index (χ0n) is 9.47. The van der Waals surface area contributed by atoms with Crippen LogP contribution in [0.2, 0.25) is 0 Å². The number of likely N-dealkylation sites (N-methyl/N-ethyl adjacent to an activating group) is 1. The Balaban J connectivity index is 1.88. The van der Waals surface area contributed by atoms with Gasteiger partial charge in [-0.3, -0.25) is 4.90 Å². The normalized spacial score (nSPS) is 22.5. The highest BCUT2D eigenvalue weighted by Gasteiger charge is 2.19. The second-order valence-electron chi connectivity index (χ2n) is 3.95. The van der Waals surface area contributed by atoms with Gasteiger partial charge in [-0.25, -0.2) is 4.68 Å². The molecule has 0 N–H and O–H groups in total. The Kier molecular flexibility index (Phi) is 4.15. The highest BCUT2D eigenvalue weighted by molar-refractivity contribution is 6.16. The number of morpholine rings is 1. The third-order valence-corrected chi connectivity index (χ3v) is 3.06. The van der Waals surface area contributed by atoms with Gasteiger partial charge in [-0.2, -0.15) is 0 Å². The van der Waals surface area contributed by atoms with E-state index in [1.54, 1.807) is 0 Å². The van der Waals surface area contributed by atoms with E-state index in [1.165, 1.54) is 0 Å². The molecule has 0 aromatic carbocycles. The lowest BCUT2D eigenvalue weighted by Crippen LogP contribution is -2.44. The lowest BCUT2D eigenvalue weighted by molar-refractivity contribution is -0.0360. The van der Waals surface area contributed by atoms with E-state index < -0.39 is 0 Å². The van der Waals surface area contributed by atoms with Gasteiger partial charge >= 0.3 is 0 Å². The summed E-state index contributed by atoms with van der Waals surface area (Å²) in [6.07, 6.45) is 2.08. The minimum Gasteiger partial charge on any atom is -0.374 e. The minimum atomic E-state index is 0.207. The average molecular weight is 245 g/mol. The predicted molar refractivity (Wildman–Crippen MR) is 61.4 cm³/mol. The van der Waals surface area contributed by atoms with Crippen LogP contribution >= 0.6 is 11.6 Å². The maximum Gasteiger partial charge on any atom is 0.0974 e. The monoisotopic (exact) mass is 244 g/mol. The summed E-state index contributed by atoms with van der Waals surface area (Å²) in [5.74, 6) is 0.409. The Morgan fingerprint density at radius 2 is 2.50 bits per heavy atom. The van der Waals surface area contributed by atoms with E-state index in [2.05, 4.69) is 22.1 Å². The van der Waals surface area contributed by atoms with Gasteiger partial charge in [-0.05, 0) is 6.54 Å². The van der Waals surface area contributed by atoms with Crippen molar-refractivity contribution < 1.29 is 4.74 Å². The molecule has 1 aliphatic heterocycles. The first-order valence-corrected chi connectivity index (χ1v) is 6.14. The third kappa shape index (κ3) is 2.93. The summed E-state index contributed by atoms with van der Waals surface area (Å²) < 4.78 is 7.50. The Morgan fingerprint density at radius 3 is 3.19 bits per heavy atom. The van der Waals surface area contributed by atoms with E-state index in [-0.39, 0.29) is 6.10 Å². The molecule has 1 atom stereocenters. The molecular weight excluding hydrogens is 228 g/mol. The molecule has 0 radical (unpaired) electrons. The largest absolute Gasteiger partial charge is 0.374 e. The number of halogens is 1. The number of alkyl halides is 1. The van der Waals surface area contributed by atoms with Gasteiger partial charge in [0, 0.05) is 19.3 Å². The molecule has 0 spiro atoms. The van der Waals surface area contributed by atoms with Crippen molar-refractivity contribution >= 4 is 11.6 Å². The average Bonchev–Trinajstić information content (AvgIpc) is 2.77. The number of hydrogen-bond acceptors (Lipinski definition) is 4. The minimum absolute atomic E-state index is 0.207. The van der Waals surface area contributed by atoms with Crippen LogP contribution in [-0.2, 0) is 17.2 Å². The molecule has 1 fully saturated rings. The number of ether oxygens (including phenoxy) is 1. The molecular formula is C10H17ClN4O. The van der Waals surface area contributed by atoms with Gasteiger partial charge < -0.3 is 4.74 Å². The fraction of sp³-hybridized carbons (Fsp3) is 0.800. The summed E-state index contributed by atoms with van der Waals surface area (Å²) in [4.78, 5) is 2.38. The SMILES string of the molecule is CCN1CCOC(Cn2cc(CCl)nn2)C1. The van der Waals surface area contributed by atoms with Gasteiger partial charge in [-0.1, -0.05) is 12.1 Å². The van der Waals surface area contributed by atoms with E-state index in [4.69, 9.17) is 16.3 Å². The highest BCUT2D eigenvalue weighted by atomic mass is 35.5. The quantitative estimate of drug-likeness (QED) is 0.733. The Morgan fingerprint density at radius 1 is 1.62 bits per heavy atom. The molecule has 6 heteroatoms. The van der Waals surface area contributed by atoms with Crippen molar-refractivity contribution in [1.29, 1.82) is 0 Å². The molecule has 1 saturated heterocycles. The maximum absolute atomic E-state index is 5.69. The molecule has 5 nitrogen and oxygen atoms in total. The van der Waals surface area contributed by atoms with Gasteiger partial charge in [0.1, 0.15) is 0 Å². The van der Waals surface area contributed by atoms with Crippen LogP contribution in [0.15, 0.2) is 6.20 Å². The van der Waals surface area contributed by atoms with Crippen LogP contribution < -0.4 is 0 Å². The van der Waals surface area contributed by atoms with Gasteiger partial charge in [-0.15, -0.1) is 16.7 Å². The van der Waals surface area contributed by atoms with Gasteiger partial charge in [0.25, 0.3) is 0 Å². The van der Waals surface area contributed by atoms with E-state index >= 15 is 0 Å². The van der Waals surface area contributed by atoms with Crippen LogP contribution in [0.1, 0.15) is 12.6 Å². The molecule has 1 aliphatic rings. The molecule has 0 aliphatic carbocycles. The van der Waals surface area contributed by atoms with Crippen molar-refractivity contribution in [1.82, 2.24) is 19.9 Å². The van der Waals surface area contributed by atoms with Crippen molar-refractivity contribution in [2.24, 2.45) is 0 Å². The first kappa shape index (κ1) is 11.8. The molecule has 2 rings (SSSR count). The van der Waals surface area contributed by atoms with Crippen LogP contribution in [-0.4, -0.2) is 52.2 Å². The molecule has 16 heavy (non-hydrogen) atoms. The summed E-state index contributed by atoms with van der Waals surface area (Å²) >= 11 is 5.67. The smallest absolute Gasteiger partial charge is 0.0974 e. The third-order valence-electron chi connectivity index (χ3n) is 2.78. The summed E-state index contributed by atoms with van der Waals surface area (Å²) in [5.41, 5.74) is 0.810.